The predicted molar refractivity (Wildman–Crippen MR) is 128 cm³/mol. The van der Waals surface area contributed by atoms with Gasteiger partial charge in [-0.3, -0.25) is 4.57 Å². The SMILES string of the molecule is CCOc1ccc(S(=O)(=O)N2CCN(c3cc(-n4cnc(C)c4C)ncn3)CC2)c(OCC)c1. The molecule has 2 aromatic heterocycles. The number of anilines is 1. The summed E-state index contributed by atoms with van der Waals surface area (Å²) >= 11 is 0. The molecule has 0 N–H and O–H groups in total. The molecule has 0 saturated carbocycles. The Balaban J connectivity index is 1.51. The molecular weight excluding hydrogens is 456 g/mol. The second-order valence-electron chi connectivity index (χ2n) is 7.89. The second kappa shape index (κ2) is 9.98. The van der Waals surface area contributed by atoms with Gasteiger partial charge < -0.3 is 14.4 Å². The zero-order valence-electron chi connectivity index (χ0n) is 19.9. The Morgan fingerprint density at radius 2 is 1.62 bits per heavy atom. The Labute approximate surface area is 200 Å². The molecule has 4 rings (SSSR count). The minimum Gasteiger partial charge on any atom is -0.494 e. The molecule has 1 aliphatic heterocycles. The number of ether oxygens (including phenoxy) is 2. The molecule has 11 heteroatoms. The van der Waals surface area contributed by atoms with Crippen molar-refractivity contribution in [3.8, 4) is 17.3 Å². The monoisotopic (exact) mass is 486 g/mol. The van der Waals surface area contributed by atoms with Crippen LogP contribution in [0.1, 0.15) is 25.2 Å². The number of hydrogen-bond donors (Lipinski definition) is 0. The summed E-state index contributed by atoms with van der Waals surface area (Å²) in [6.45, 7) is 10.2. The highest BCUT2D eigenvalue weighted by molar-refractivity contribution is 7.89. The number of rotatable bonds is 8. The van der Waals surface area contributed by atoms with Gasteiger partial charge in [0.15, 0.2) is 0 Å². The molecule has 3 aromatic rings. The number of aryl methyl sites for hydroxylation is 1. The summed E-state index contributed by atoms with van der Waals surface area (Å²) in [7, 11) is -3.73. The van der Waals surface area contributed by atoms with Crippen molar-refractivity contribution < 1.29 is 17.9 Å². The van der Waals surface area contributed by atoms with Crippen LogP contribution in [0.25, 0.3) is 5.82 Å². The van der Waals surface area contributed by atoms with Crippen molar-refractivity contribution in [2.24, 2.45) is 0 Å². The Bertz CT molecular complexity index is 1250. The molecule has 0 spiro atoms. The summed E-state index contributed by atoms with van der Waals surface area (Å²) in [5.41, 5.74) is 1.96. The summed E-state index contributed by atoms with van der Waals surface area (Å²) in [5.74, 6) is 2.37. The molecule has 0 bridgehead atoms. The van der Waals surface area contributed by atoms with Gasteiger partial charge >= 0.3 is 0 Å². The maximum absolute atomic E-state index is 13.4. The highest BCUT2D eigenvalue weighted by Crippen LogP contribution is 2.32. The number of aromatic nitrogens is 4. The van der Waals surface area contributed by atoms with E-state index < -0.39 is 10.0 Å². The fourth-order valence-corrected chi connectivity index (χ4v) is 5.43. The number of piperazine rings is 1. The molecule has 1 fully saturated rings. The van der Waals surface area contributed by atoms with Gasteiger partial charge in [0.05, 0.1) is 18.9 Å². The molecule has 182 valence electrons. The maximum atomic E-state index is 13.4. The normalized spacial score (nSPS) is 14.9. The lowest BCUT2D eigenvalue weighted by Crippen LogP contribution is -2.49. The summed E-state index contributed by atoms with van der Waals surface area (Å²) in [4.78, 5) is 15.3. The van der Waals surface area contributed by atoms with Crippen molar-refractivity contribution in [1.82, 2.24) is 23.8 Å². The van der Waals surface area contributed by atoms with Crippen molar-refractivity contribution >= 4 is 15.8 Å². The third kappa shape index (κ3) is 4.71. The Kier molecular flexibility index (Phi) is 7.03. The second-order valence-corrected chi connectivity index (χ2v) is 9.79. The largest absolute Gasteiger partial charge is 0.494 e. The van der Waals surface area contributed by atoms with E-state index in [1.807, 2.05) is 38.3 Å². The zero-order valence-corrected chi connectivity index (χ0v) is 20.7. The number of nitrogens with zero attached hydrogens (tertiary/aromatic N) is 6. The molecule has 0 aliphatic carbocycles. The lowest BCUT2D eigenvalue weighted by Gasteiger charge is -2.35. The topological polar surface area (TPSA) is 103 Å². The van der Waals surface area contributed by atoms with Crippen LogP contribution in [0.4, 0.5) is 5.82 Å². The van der Waals surface area contributed by atoms with Gasteiger partial charge in [-0.15, -0.1) is 0 Å². The molecule has 1 saturated heterocycles. The van der Waals surface area contributed by atoms with Crippen molar-refractivity contribution in [2.45, 2.75) is 32.6 Å². The fourth-order valence-electron chi connectivity index (χ4n) is 3.89. The van der Waals surface area contributed by atoms with Crippen LogP contribution < -0.4 is 14.4 Å². The number of imidazole rings is 1. The van der Waals surface area contributed by atoms with Gasteiger partial charge in [-0.05, 0) is 39.8 Å². The zero-order chi connectivity index (χ0) is 24.3. The third-order valence-electron chi connectivity index (χ3n) is 5.84. The van der Waals surface area contributed by atoms with Crippen LogP contribution in [-0.4, -0.2) is 71.6 Å². The Hall–Kier alpha value is -3.18. The molecular formula is C23H30N6O4S. The fraction of sp³-hybridized carbons (Fsp3) is 0.435. The van der Waals surface area contributed by atoms with Crippen LogP contribution in [0, 0.1) is 13.8 Å². The van der Waals surface area contributed by atoms with Gasteiger partial charge in [0.1, 0.15) is 40.7 Å². The lowest BCUT2D eigenvalue weighted by atomic mass is 10.3. The van der Waals surface area contributed by atoms with Crippen molar-refractivity contribution in [1.29, 1.82) is 0 Å². The number of sulfonamides is 1. The van der Waals surface area contributed by atoms with E-state index in [0.29, 0.717) is 50.9 Å². The Morgan fingerprint density at radius 1 is 0.912 bits per heavy atom. The number of hydrogen-bond acceptors (Lipinski definition) is 8. The van der Waals surface area contributed by atoms with Crippen LogP contribution in [-0.2, 0) is 10.0 Å². The van der Waals surface area contributed by atoms with Gasteiger partial charge in [0, 0.05) is 44.0 Å². The van der Waals surface area contributed by atoms with E-state index in [2.05, 4.69) is 19.9 Å². The summed E-state index contributed by atoms with van der Waals surface area (Å²) in [6, 6.07) is 6.76. The molecule has 0 unspecified atom stereocenters. The summed E-state index contributed by atoms with van der Waals surface area (Å²) in [6.07, 6.45) is 3.27. The van der Waals surface area contributed by atoms with E-state index in [-0.39, 0.29) is 4.90 Å². The first-order valence-corrected chi connectivity index (χ1v) is 12.8. The van der Waals surface area contributed by atoms with Crippen LogP contribution in [0.3, 0.4) is 0 Å². The average molecular weight is 487 g/mol. The van der Waals surface area contributed by atoms with Crippen molar-refractivity contribution in [3.05, 3.63) is 48.3 Å². The average Bonchev–Trinajstić information content (AvgIpc) is 3.18. The van der Waals surface area contributed by atoms with E-state index in [1.165, 1.54) is 10.6 Å². The first-order chi connectivity index (χ1) is 16.3. The van der Waals surface area contributed by atoms with Gasteiger partial charge in [0.2, 0.25) is 10.0 Å². The molecule has 0 amide bonds. The van der Waals surface area contributed by atoms with Gasteiger partial charge in [-0.1, -0.05) is 0 Å². The maximum Gasteiger partial charge on any atom is 0.246 e. The third-order valence-corrected chi connectivity index (χ3v) is 7.78. The summed E-state index contributed by atoms with van der Waals surface area (Å²) in [5, 5.41) is 0. The molecule has 0 atom stereocenters. The van der Waals surface area contributed by atoms with E-state index in [4.69, 9.17) is 9.47 Å². The smallest absolute Gasteiger partial charge is 0.246 e. The van der Waals surface area contributed by atoms with Gasteiger partial charge in [-0.25, -0.2) is 23.4 Å². The van der Waals surface area contributed by atoms with Crippen molar-refractivity contribution in [2.75, 3.05) is 44.3 Å². The van der Waals surface area contributed by atoms with Gasteiger partial charge in [-0.2, -0.15) is 4.31 Å². The molecule has 34 heavy (non-hydrogen) atoms. The molecule has 0 radical (unpaired) electrons. The quantitative estimate of drug-likeness (QED) is 0.479. The standard InChI is InChI=1S/C23H30N6O4S/c1-5-32-19-7-8-21(20(13-19)33-6-2)34(30,31)28-11-9-27(10-12-28)22-14-23(25-15-24-22)29-16-26-17(3)18(29)4/h7-8,13-16H,5-6,9-12H2,1-4H3. The van der Waals surface area contributed by atoms with E-state index in [9.17, 15) is 8.42 Å². The highest BCUT2D eigenvalue weighted by atomic mass is 32.2. The highest BCUT2D eigenvalue weighted by Gasteiger charge is 2.31. The molecule has 1 aromatic carbocycles. The van der Waals surface area contributed by atoms with Crippen LogP contribution >= 0.6 is 0 Å². The van der Waals surface area contributed by atoms with Crippen LogP contribution in [0.15, 0.2) is 41.8 Å². The number of benzene rings is 1. The van der Waals surface area contributed by atoms with Crippen LogP contribution in [0.2, 0.25) is 0 Å². The van der Waals surface area contributed by atoms with E-state index in [0.717, 1.165) is 23.0 Å². The minimum atomic E-state index is -3.73. The van der Waals surface area contributed by atoms with Crippen LogP contribution in [0.5, 0.6) is 11.5 Å². The first-order valence-electron chi connectivity index (χ1n) is 11.3. The summed E-state index contributed by atoms with van der Waals surface area (Å²) < 4.78 is 41.4. The first kappa shape index (κ1) is 24.0. The molecule has 10 nitrogen and oxygen atoms in total. The Morgan fingerprint density at radius 3 is 2.26 bits per heavy atom. The predicted octanol–water partition coefficient (Wildman–Crippen LogP) is 2.59. The van der Waals surface area contributed by atoms with E-state index in [1.54, 1.807) is 24.5 Å². The minimum absolute atomic E-state index is 0.154. The van der Waals surface area contributed by atoms with E-state index >= 15 is 0 Å². The van der Waals surface area contributed by atoms with Gasteiger partial charge in [0.25, 0.3) is 0 Å². The molecule has 1 aliphatic rings. The van der Waals surface area contributed by atoms with Crippen molar-refractivity contribution in [3.63, 3.8) is 0 Å². The molecule has 3 heterocycles. The lowest BCUT2D eigenvalue weighted by molar-refractivity contribution is 0.314.